The van der Waals surface area contributed by atoms with Gasteiger partial charge < -0.3 is 20.5 Å². The number of aryl methyl sites for hydroxylation is 2. The highest BCUT2D eigenvalue weighted by atomic mass is 16.2. The first-order chi connectivity index (χ1) is 15.1. The number of anilines is 2. The number of aromatic nitrogens is 2. The fourth-order valence-electron chi connectivity index (χ4n) is 3.76. The highest BCUT2D eigenvalue weighted by Gasteiger charge is 2.23. The molecule has 0 bridgehead atoms. The van der Waals surface area contributed by atoms with Crippen molar-refractivity contribution < 1.29 is 9.59 Å². The Hall–Kier alpha value is -3.61. The van der Waals surface area contributed by atoms with E-state index in [-0.39, 0.29) is 11.9 Å². The number of nitrogens with zero attached hydrogens (tertiary/aromatic N) is 2. The van der Waals surface area contributed by atoms with E-state index in [0.29, 0.717) is 17.3 Å². The van der Waals surface area contributed by atoms with Crippen molar-refractivity contribution in [2.45, 2.75) is 44.7 Å². The molecule has 0 radical (unpaired) electrons. The summed E-state index contributed by atoms with van der Waals surface area (Å²) in [5.74, 6) is 0.959. The monoisotopic (exact) mass is 415 g/mol. The minimum absolute atomic E-state index is 0.195. The zero-order valence-corrected chi connectivity index (χ0v) is 17.2. The molecule has 1 aliphatic carbocycles. The van der Waals surface area contributed by atoms with Crippen LogP contribution in [0.3, 0.4) is 0 Å². The second kappa shape index (κ2) is 8.26. The predicted octanol–water partition coefficient (Wildman–Crippen LogP) is 4.42. The first-order valence-corrected chi connectivity index (χ1v) is 10.8. The van der Waals surface area contributed by atoms with Crippen LogP contribution in [0.1, 0.15) is 41.9 Å². The molecule has 3 N–H and O–H groups in total. The molecule has 2 aliphatic rings. The molecule has 0 saturated heterocycles. The largest absolute Gasteiger partial charge is 0.335 e. The van der Waals surface area contributed by atoms with E-state index in [0.717, 1.165) is 48.6 Å². The number of urea groups is 1. The third-order valence-corrected chi connectivity index (χ3v) is 5.66. The SMILES string of the molecule is O=C(Nc1ccc(C(=O)Nc2ccc(-c3cn4c(n3)CCCC4)cc2)cc1)NC1CC1. The zero-order valence-electron chi connectivity index (χ0n) is 17.2. The van der Waals surface area contributed by atoms with Gasteiger partial charge in [0.2, 0.25) is 0 Å². The molecule has 31 heavy (non-hydrogen) atoms. The molecule has 1 aromatic heterocycles. The van der Waals surface area contributed by atoms with E-state index in [1.807, 2.05) is 24.3 Å². The average molecular weight is 415 g/mol. The lowest BCUT2D eigenvalue weighted by Gasteiger charge is -2.11. The Bertz CT molecular complexity index is 1070. The number of nitrogens with one attached hydrogen (secondary N) is 3. The van der Waals surface area contributed by atoms with Crippen LogP contribution in [0.4, 0.5) is 16.2 Å². The number of amides is 3. The number of hydrogen-bond donors (Lipinski definition) is 3. The van der Waals surface area contributed by atoms with Crippen molar-refractivity contribution in [1.82, 2.24) is 14.9 Å². The lowest BCUT2D eigenvalue weighted by atomic mass is 10.1. The second-order valence-electron chi connectivity index (χ2n) is 8.17. The predicted molar refractivity (Wildman–Crippen MR) is 120 cm³/mol. The molecular formula is C24H25N5O2. The fourth-order valence-corrected chi connectivity index (χ4v) is 3.76. The van der Waals surface area contributed by atoms with Crippen LogP contribution in [-0.4, -0.2) is 27.5 Å². The summed E-state index contributed by atoms with van der Waals surface area (Å²) in [6, 6.07) is 14.7. The van der Waals surface area contributed by atoms with Gasteiger partial charge in [-0.1, -0.05) is 12.1 Å². The van der Waals surface area contributed by atoms with Gasteiger partial charge in [-0.2, -0.15) is 0 Å². The average Bonchev–Trinajstić information content (AvgIpc) is 3.48. The van der Waals surface area contributed by atoms with Crippen LogP contribution >= 0.6 is 0 Å². The maximum Gasteiger partial charge on any atom is 0.319 e. The number of imidazole rings is 1. The van der Waals surface area contributed by atoms with E-state index < -0.39 is 0 Å². The molecule has 1 saturated carbocycles. The highest BCUT2D eigenvalue weighted by molar-refractivity contribution is 6.04. The number of fused-ring (bicyclic) bond motifs is 1. The summed E-state index contributed by atoms with van der Waals surface area (Å²) in [5.41, 5.74) is 3.92. The van der Waals surface area contributed by atoms with Crippen molar-refractivity contribution in [3.63, 3.8) is 0 Å². The Morgan fingerprint density at radius 3 is 2.32 bits per heavy atom. The van der Waals surface area contributed by atoms with Gasteiger partial charge in [0.15, 0.2) is 0 Å². The molecule has 0 unspecified atom stereocenters. The molecule has 0 atom stereocenters. The first-order valence-electron chi connectivity index (χ1n) is 10.8. The van der Waals surface area contributed by atoms with Crippen LogP contribution in [0.5, 0.6) is 0 Å². The fraction of sp³-hybridized carbons (Fsp3) is 0.292. The van der Waals surface area contributed by atoms with Gasteiger partial charge in [0.1, 0.15) is 5.82 Å². The summed E-state index contributed by atoms with van der Waals surface area (Å²) in [7, 11) is 0. The summed E-state index contributed by atoms with van der Waals surface area (Å²) in [6.07, 6.45) is 7.64. The molecule has 5 rings (SSSR count). The lowest BCUT2D eigenvalue weighted by molar-refractivity contribution is 0.102. The number of carbonyl (C=O) groups excluding carboxylic acids is 2. The van der Waals surface area contributed by atoms with E-state index in [4.69, 9.17) is 4.98 Å². The topological polar surface area (TPSA) is 88.1 Å². The number of hydrogen-bond acceptors (Lipinski definition) is 3. The Kier molecular flexibility index (Phi) is 5.16. The minimum Gasteiger partial charge on any atom is -0.335 e. The van der Waals surface area contributed by atoms with Crippen LogP contribution in [0.25, 0.3) is 11.3 Å². The molecular weight excluding hydrogens is 390 g/mol. The molecule has 7 nitrogen and oxygen atoms in total. The summed E-state index contributed by atoms with van der Waals surface area (Å²) in [4.78, 5) is 29.1. The number of rotatable bonds is 5. The summed E-state index contributed by atoms with van der Waals surface area (Å²) in [6.45, 7) is 1.04. The third kappa shape index (κ3) is 4.60. The maximum absolute atomic E-state index is 12.6. The molecule has 0 spiro atoms. The van der Waals surface area contributed by atoms with Gasteiger partial charge in [-0.05, 0) is 62.1 Å². The number of carbonyl (C=O) groups is 2. The van der Waals surface area contributed by atoms with Crippen molar-refractivity contribution >= 4 is 23.3 Å². The zero-order chi connectivity index (χ0) is 21.2. The summed E-state index contributed by atoms with van der Waals surface area (Å²) in [5, 5.41) is 8.56. The van der Waals surface area contributed by atoms with Crippen LogP contribution in [0.15, 0.2) is 54.7 Å². The van der Waals surface area contributed by atoms with E-state index >= 15 is 0 Å². The first kappa shape index (κ1) is 19.4. The second-order valence-corrected chi connectivity index (χ2v) is 8.17. The van der Waals surface area contributed by atoms with E-state index in [2.05, 4.69) is 26.7 Å². The maximum atomic E-state index is 12.6. The van der Waals surface area contributed by atoms with E-state index in [1.165, 1.54) is 12.8 Å². The van der Waals surface area contributed by atoms with Crippen LogP contribution in [-0.2, 0) is 13.0 Å². The van der Waals surface area contributed by atoms with Gasteiger partial charge in [-0.15, -0.1) is 0 Å². The van der Waals surface area contributed by atoms with E-state index in [9.17, 15) is 9.59 Å². The van der Waals surface area contributed by atoms with Gasteiger partial charge in [0.05, 0.1) is 5.69 Å². The van der Waals surface area contributed by atoms with Crippen LogP contribution < -0.4 is 16.0 Å². The lowest BCUT2D eigenvalue weighted by Crippen LogP contribution is -2.30. The third-order valence-electron chi connectivity index (χ3n) is 5.66. The standard InChI is InChI=1S/C24H25N5O2/c30-23(17-6-10-19(11-7-17)26-24(31)27-20-12-13-20)25-18-8-4-16(5-9-18)21-15-29-14-2-1-3-22(29)28-21/h4-11,15,20H,1-3,12-14H2,(H,25,30)(H2,26,27,31). The Balaban J connectivity index is 1.20. The minimum atomic E-state index is -0.210. The highest BCUT2D eigenvalue weighted by Crippen LogP contribution is 2.24. The molecule has 2 aromatic carbocycles. The molecule has 2 heterocycles. The molecule has 1 aliphatic heterocycles. The number of benzene rings is 2. The van der Waals surface area contributed by atoms with Gasteiger partial charge >= 0.3 is 6.03 Å². The molecule has 3 aromatic rings. The summed E-state index contributed by atoms with van der Waals surface area (Å²) >= 11 is 0. The van der Waals surface area contributed by atoms with Gasteiger partial charge in [0, 0.05) is 47.7 Å². The van der Waals surface area contributed by atoms with E-state index in [1.54, 1.807) is 24.3 Å². The van der Waals surface area contributed by atoms with Crippen LogP contribution in [0.2, 0.25) is 0 Å². The molecule has 7 heteroatoms. The molecule has 1 fully saturated rings. The van der Waals surface area contributed by atoms with Crippen molar-refractivity contribution in [2.24, 2.45) is 0 Å². The summed E-state index contributed by atoms with van der Waals surface area (Å²) < 4.78 is 2.24. The Morgan fingerprint density at radius 2 is 1.61 bits per heavy atom. The Labute approximate surface area is 180 Å². The van der Waals surface area contributed by atoms with Gasteiger partial charge in [-0.3, -0.25) is 4.79 Å². The van der Waals surface area contributed by atoms with Crippen molar-refractivity contribution in [3.05, 3.63) is 66.1 Å². The smallest absolute Gasteiger partial charge is 0.319 e. The Morgan fingerprint density at radius 1 is 0.903 bits per heavy atom. The van der Waals surface area contributed by atoms with Crippen molar-refractivity contribution in [3.8, 4) is 11.3 Å². The quantitative estimate of drug-likeness (QED) is 0.576. The van der Waals surface area contributed by atoms with Gasteiger partial charge in [-0.25, -0.2) is 9.78 Å². The molecule has 158 valence electrons. The van der Waals surface area contributed by atoms with Crippen LogP contribution in [0, 0.1) is 0 Å². The van der Waals surface area contributed by atoms with Crippen molar-refractivity contribution in [2.75, 3.05) is 10.6 Å². The van der Waals surface area contributed by atoms with Gasteiger partial charge in [0.25, 0.3) is 5.91 Å². The molecule has 3 amide bonds. The van der Waals surface area contributed by atoms with Crippen molar-refractivity contribution in [1.29, 1.82) is 0 Å². The normalized spacial score (nSPS) is 15.1.